The third kappa shape index (κ3) is 9.67. The maximum Gasteiger partial charge on any atom is 0.206 e. The molecule has 278 valence electrons. The van der Waals surface area contributed by atoms with Crippen LogP contribution in [-0.4, -0.2) is 40.8 Å². The first kappa shape index (κ1) is 38.1. The molecule has 0 unspecified atom stereocenters. The number of ether oxygens (including phenoxy) is 4. The van der Waals surface area contributed by atoms with Crippen LogP contribution >= 0.6 is 0 Å². The Morgan fingerprint density at radius 1 is 0.426 bits per heavy atom. The maximum absolute atomic E-state index is 13.3. The lowest BCUT2D eigenvalue weighted by molar-refractivity contribution is -0.0423. The molecule has 0 saturated heterocycles. The van der Waals surface area contributed by atoms with Gasteiger partial charge in [-0.15, -0.1) is 0 Å². The molecular formula is C43H40O9S2. The Morgan fingerprint density at radius 3 is 0.981 bits per heavy atom. The summed E-state index contributed by atoms with van der Waals surface area (Å²) in [7, 11) is -7.58. The van der Waals surface area contributed by atoms with Gasteiger partial charge in [-0.3, -0.25) is 0 Å². The van der Waals surface area contributed by atoms with Crippen molar-refractivity contribution in [1.82, 2.24) is 0 Å². The van der Waals surface area contributed by atoms with Crippen LogP contribution in [0.2, 0.25) is 0 Å². The van der Waals surface area contributed by atoms with Crippen molar-refractivity contribution in [3.63, 3.8) is 0 Å². The van der Waals surface area contributed by atoms with Gasteiger partial charge >= 0.3 is 0 Å². The van der Waals surface area contributed by atoms with Gasteiger partial charge in [-0.25, -0.2) is 16.8 Å². The van der Waals surface area contributed by atoms with Crippen LogP contribution in [0.15, 0.2) is 177 Å². The first-order chi connectivity index (χ1) is 26.0. The zero-order valence-electron chi connectivity index (χ0n) is 29.6. The van der Waals surface area contributed by atoms with Crippen LogP contribution in [0.4, 0.5) is 0 Å². The van der Waals surface area contributed by atoms with Crippen molar-refractivity contribution in [2.45, 2.75) is 51.7 Å². The zero-order chi connectivity index (χ0) is 38.0. The number of sulfone groups is 2. The molecule has 0 atom stereocenters. The summed E-state index contributed by atoms with van der Waals surface area (Å²) in [4.78, 5) is 0.449. The van der Waals surface area contributed by atoms with Crippen molar-refractivity contribution in [3.8, 4) is 23.0 Å². The number of hydrogen-bond donors (Lipinski definition) is 1. The third-order valence-electron chi connectivity index (χ3n) is 8.71. The minimum atomic E-state index is -3.79. The third-order valence-corrected chi connectivity index (χ3v) is 12.3. The van der Waals surface area contributed by atoms with Gasteiger partial charge < -0.3 is 24.1 Å². The highest BCUT2D eigenvalue weighted by Gasteiger charge is 2.28. The number of aliphatic hydroxyl groups is 1. The van der Waals surface area contributed by atoms with Gasteiger partial charge in [-0.1, -0.05) is 67.6 Å². The molecule has 6 rings (SSSR count). The van der Waals surface area contributed by atoms with E-state index in [1.807, 2.05) is 60.7 Å². The highest BCUT2D eigenvalue weighted by atomic mass is 32.2. The second-order valence-electron chi connectivity index (χ2n) is 12.6. The summed E-state index contributed by atoms with van der Waals surface area (Å²) < 4.78 is 76.3. The molecular weight excluding hydrogens is 725 g/mol. The van der Waals surface area contributed by atoms with Crippen molar-refractivity contribution in [2.75, 3.05) is 13.2 Å². The van der Waals surface area contributed by atoms with E-state index in [1.54, 1.807) is 31.2 Å². The van der Waals surface area contributed by atoms with Gasteiger partial charge in [0.25, 0.3) is 0 Å². The molecule has 6 aromatic rings. The average molecular weight is 765 g/mol. The second-order valence-corrected chi connectivity index (χ2v) is 16.5. The van der Waals surface area contributed by atoms with E-state index in [1.165, 1.54) is 72.8 Å². The van der Waals surface area contributed by atoms with Crippen LogP contribution in [0, 0.1) is 0 Å². The van der Waals surface area contributed by atoms with Crippen molar-refractivity contribution in [3.05, 3.63) is 169 Å². The topological polar surface area (TPSA) is 125 Å². The van der Waals surface area contributed by atoms with Crippen LogP contribution in [0.25, 0.3) is 0 Å². The molecule has 11 heteroatoms. The minimum Gasteiger partial charge on any atom is -0.490 e. The fourth-order valence-corrected chi connectivity index (χ4v) is 7.82. The molecule has 0 spiro atoms. The number of benzene rings is 6. The van der Waals surface area contributed by atoms with Crippen LogP contribution in [0.5, 0.6) is 23.0 Å². The van der Waals surface area contributed by atoms with Gasteiger partial charge in [0, 0.05) is 0 Å². The summed E-state index contributed by atoms with van der Waals surface area (Å²) in [6, 6.07) is 43.9. The van der Waals surface area contributed by atoms with E-state index >= 15 is 0 Å². The summed E-state index contributed by atoms with van der Waals surface area (Å²) in [5.74, 6) is 1.86. The Balaban J connectivity index is 0.994. The predicted molar refractivity (Wildman–Crippen MR) is 204 cm³/mol. The van der Waals surface area contributed by atoms with Gasteiger partial charge in [0.1, 0.15) is 55.0 Å². The van der Waals surface area contributed by atoms with E-state index in [-0.39, 0.29) is 32.8 Å². The van der Waals surface area contributed by atoms with Gasteiger partial charge in [-0.2, -0.15) is 0 Å². The molecule has 0 saturated carbocycles. The molecule has 0 fully saturated rings. The number of hydrogen-bond acceptors (Lipinski definition) is 9. The number of rotatable bonds is 17. The monoisotopic (exact) mass is 764 g/mol. The van der Waals surface area contributed by atoms with Crippen molar-refractivity contribution in [1.29, 1.82) is 0 Å². The standard InChI is InChI=1S/C43H40O9S2/c1-2-43(44,31-51-37-17-25-41(26-18-37)53(45,46)39-21-13-35(14-22-39)49-29-33-9-5-3-6-10-33)32-52-38-19-27-42(28-20-38)54(47,48)40-23-15-36(16-24-40)50-30-34-11-7-4-8-12-34/h3-28,44H,2,29-32H2,1H3. The Morgan fingerprint density at radius 2 is 0.704 bits per heavy atom. The van der Waals surface area contributed by atoms with Gasteiger partial charge in [0.05, 0.1) is 19.6 Å². The van der Waals surface area contributed by atoms with Gasteiger partial charge in [-0.05, 0) is 115 Å². The first-order valence-electron chi connectivity index (χ1n) is 17.3. The van der Waals surface area contributed by atoms with E-state index < -0.39 is 25.3 Å². The van der Waals surface area contributed by atoms with Crippen LogP contribution in [0.3, 0.4) is 0 Å². The summed E-state index contributed by atoms with van der Waals surface area (Å²) in [6.45, 7) is 2.27. The fraction of sp³-hybridized carbons (Fsp3) is 0.163. The van der Waals surface area contributed by atoms with Gasteiger partial charge in [0.15, 0.2) is 0 Å². The largest absolute Gasteiger partial charge is 0.490 e. The van der Waals surface area contributed by atoms with Crippen LogP contribution in [0.1, 0.15) is 24.5 Å². The molecule has 6 aromatic carbocycles. The van der Waals surface area contributed by atoms with Crippen molar-refractivity contribution >= 4 is 19.7 Å². The average Bonchev–Trinajstić information content (AvgIpc) is 3.22. The van der Waals surface area contributed by atoms with E-state index in [4.69, 9.17) is 18.9 Å². The molecule has 0 aromatic heterocycles. The van der Waals surface area contributed by atoms with E-state index in [2.05, 4.69) is 0 Å². The molecule has 0 aliphatic carbocycles. The minimum absolute atomic E-state index is 0.0946. The summed E-state index contributed by atoms with van der Waals surface area (Å²) in [6.07, 6.45) is 0.294. The summed E-state index contributed by atoms with van der Waals surface area (Å²) >= 11 is 0. The highest BCUT2D eigenvalue weighted by molar-refractivity contribution is 7.91. The molecule has 1 N–H and O–H groups in total. The normalized spacial score (nSPS) is 11.8. The van der Waals surface area contributed by atoms with E-state index in [0.717, 1.165) is 11.1 Å². The second kappa shape index (κ2) is 17.0. The molecule has 9 nitrogen and oxygen atoms in total. The van der Waals surface area contributed by atoms with E-state index in [0.29, 0.717) is 42.6 Å². The molecule has 0 aliphatic heterocycles. The lowest BCUT2D eigenvalue weighted by Crippen LogP contribution is -2.41. The molecule has 54 heavy (non-hydrogen) atoms. The quantitative estimate of drug-likeness (QED) is 0.0981. The van der Waals surface area contributed by atoms with Crippen molar-refractivity contribution < 1.29 is 40.9 Å². The lowest BCUT2D eigenvalue weighted by Gasteiger charge is -2.27. The maximum atomic E-state index is 13.3. The van der Waals surface area contributed by atoms with E-state index in [9.17, 15) is 21.9 Å². The molecule has 0 aliphatic rings. The smallest absolute Gasteiger partial charge is 0.206 e. The molecule has 0 bridgehead atoms. The molecule has 0 heterocycles. The van der Waals surface area contributed by atoms with Crippen LogP contribution in [-0.2, 0) is 32.9 Å². The van der Waals surface area contributed by atoms with Crippen molar-refractivity contribution in [2.24, 2.45) is 0 Å². The van der Waals surface area contributed by atoms with Gasteiger partial charge in [0.2, 0.25) is 19.7 Å². The fourth-order valence-electron chi connectivity index (χ4n) is 5.30. The highest BCUT2D eigenvalue weighted by Crippen LogP contribution is 2.28. The predicted octanol–water partition coefficient (Wildman–Crippen LogP) is 8.11. The Labute approximate surface area is 316 Å². The Bertz CT molecular complexity index is 2150. The summed E-state index contributed by atoms with van der Waals surface area (Å²) in [5.41, 5.74) is 0.627. The molecule has 0 amide bonds. The molecule has 0 radical (unpaired) electrons. The Hall–Kier alpha value is -5.62. The summed E-state index contributed by atoms with van der Waals surface area (Å²) in [5, 5.41) is 11.2. The zero-order valence-corrected chi connectivity index (χ0v) is 31.2. The SMILES string of the molecule is CCC(O)(COc1ccc(S(=O)(=O)c2ccc(OCc3ccccc3)cc2)cc1)COc1ccc(S(=O)(=O)c2ccc(OCc3ccccc3)cc2)cc1. The van der Waals surface area contributed by atoms with Crippen LogP contribution < -0.4 is 18.9 Å². The Kier molecular flexibility index (Phi) is 12.0. The lowest BCUT2D eigenvalue weighted by atomic mass is 10.0. The first-order valence-corrected chi connectivity index (χ1v) is 20.2.